The topological polar surface area (TPSA) is 35.5 Å². The summed E-state index contributed by atoms with van der Waals surface area (Å²) in [6.45, 7) is 2.74. The predicted octanol–water partition coefficient (Wildman–Crippen LogP) is 2.77. The molecule has 112 valence electrons. The summed E-state index contributed by atoms with van der Waals surface area (Å²) >= 11 is 4.55. The average molecular weight is 297 g/mol. The molecule has 1 aromatic carbocycles. The molecule has 0 unspecified atom stereocenters. The van der Waals surface area contributed by atoms with Crippen LogP contribution in [0.15, 0.2) is 18.2 Å². The van der Waals surface area contributed by atoms with Crippen LogP contribution in [0.2, 0.25) is 0 Å². The minimum Gasteiger partial charge on any atom is -0.793 e. The van der Waals surface area contributed by atoms with E-state index in [-0.39, 0.29) is 10.6 Å². The number of carbonyl (C=O) groups is 1. The fraction of sp³-hybridized carbons (Fsp3) is 0.533. The van der Waals surface area contributed by atoms with E-state index in [1.165, 1.54) is 0 Å². The van der Waals surface area contributed by atoms with Crippen molar-refractivity contribution in [3.8, 4) is 11.5 Å². The van der Waals surface area contributed by atoms with Crippen molar-refractivity contribution in [2.45, 2.75) is 19.8 Å². The van der Waals surface area contributed by atoms with Crippen LogP contribution >= 0.6 is 0 Å². The van der Waals surface area contributed by atoms with Gasteiger partial charge in [-0.15, -0.1) is 0 Å². The number of carbonyl (C=O) groups excluding carboxylic acids is 1. The van der Waals surface area contributed by atoms with Crippen LogP contribution in [-0.2, 0) is 19.0 Å². The second kappa shape index (κ2) is 7.55. The van der Waals surface area contributed by atoms with Gasteiger partial charge in [0.2, 0.25) is 0 Å². The smallest absolute Gasteiger partial charge is 0.520 e. The summed E-state index contributed by atoms with van der Waals surface area (Å²) in [5.74, 6) is 2.14. The van der Waals surface area contributed by atoms with E-state index in [9.17, 15) is 4.79 Å². The zero-order valence-electron chi connectivity index (χ0n) is 12.6. The Morgan fingerprint density at radius 1 is 1.40 bits per heavy atom. The second-order valence-corrected chi connectivity index (χ2v) is 5.84. The number of nitrogens with zero attached hydrogens (tertiary/aromatic N) is 1. The zero-order valence-corrected chi connectivity index (χ0v) is 13.5. The van der Waals surface area contributed by atoms with Crippen molar-refractivity contribution in [2.24, 2.45) is 0 Å². The molecule has 1 heterocycles. The van der Waals surface area contributed by atoms with E-state index in [4.69, 9.17) is 9.47 Å². The number of para-hydroxylation sites is 1. The highest BCUT2D eigenvalue weighted by molar-refractivity contribution is 7.58. The van der Waals surface area contributed by atoms with Gasteiger partial charge in [0.15, 0.2) is 11.5 Å². The number of benzene rings is 1. The Labute approximate surface area is 126 Å². The van der Waals surface area contributed by atoms with Gasteiger partial charge in [0.25, 0.3) is 0 Å². The SMILES string of the molecule is CCC[S-].C[N+](C)(C)C(=O)Oc1cccc2c1OCC2. The molecule has 0 atom stereocenters. The van der Waals surface area contributed by atoms with Crippen molar-refractivity contribution in [3.05, 3.63) is 23.8 Å². The molecule has 2 rings (SSSR count). The molecule has 1 amide bonds. The number of rotatable bonds is 2. The maximum Gasteiger partial charge on any atom is 0.520 e. The lowest BCUT2D eigenvalue weighted by molar-refractivity contribution is -0.793. The molecule has 0 fully saturated rings. The first kappa shape index (κ1) is 16.9. The molecule has 1 aliphatic rings. The van der Waals surface area contributed by atoms with Gasteiger partial charge in [-0.25, -0.2) is 4.48 Å². The van der Waals surface area contributed by atoms with E-state index in [1.807, 2.05) is 12.1 Å². The fourth-order valence-electron chi connectivity index (χ4n) is 1.50. The summed E-state index contributed by atoms with van der Waals surface area (Å²) in [5.41, 5.74) is 1.10. The number of amides is 1. The molecule has 1 aromatic rings. The molecule has 0 saturated heterocycles. The lowest BCUT2D eigenvalue weighted by Gasteiger charge is -2.19. The molecule has 0 aromatic heterocycles. The molecule has 0 radical (unpaired) electrons. The Balaban J connectivity index is 0.000000444. The van der Waals surface area contributed by atoms with Crippen LogP contribution < -0.4 is 9.47 Å². The third kappa shape index (κ3) is 4.72. The van der Waals surface area contributed by atoms with Gasteiger partial charge in [0, 0.05) is 12.0 Å². The summed E-state index contributed by atoms with van der Waals surface area (Å²) in [6, 6.07) is 5.63. The Kier molecular flexibility index (Phi) is 6.36. The van der Waals surface area contributed by atoms with Crippen LogP contribution in [0.5, 0.6) is 11.5 Å². The summed E-state index contributed by atoms with van der Waals surface area (Å²) in [7, 11) is 5.31. The Morgan fingerprint density at radius 2 is 2.05 bits per heavy atom. The predicted molar refractivity (Wildman–Crippen MR) is 82.2 cm³/mol. The van der Waals surface area contributed by atoms with E-state index >= 15 is 0 Å². The first-order valence-corrected chi connectivity index (χ1v) is 7.34. The molecular weight excluding hydrogens is 274 g/mol. The van der Waals surface area contributed by atoms with Crippen molar-refractivity contribution in [2.75, 3.05) is 33.5 Å². The summed E-state index contributed by atoms with van der Waals surface area (Å²) in [5, 5.41) is 0. The highest BCUT2D eigenvalue weighted by Crippen LogP contribution is 2.35. The molecule has 20 heavy (non-hydrogen) atoms. The molecule has 0 saturated carbocycles. The first-order valence-electron chi connectivity index (χ1n) is 6.76. The van der Waals surface area contributed by atoms with Crippen molar-refractivity contribution >= 4 is 18.7 Å². The lowest BCUT2D eigenvalue weighted by Crippen LogP contribution is -2.43. The van der Waals surface area contributed by atoms with Crippen LogP contribution in [0.25, 0.3) is 0 Å². The molecule has 5 heteroatoms. The van der Waals surface area contributed by atoms with Crippen LogP contribution in [0.4, 0.5) is 4.79 Å². The van der Waals surface area contributed by atoms with E-state index in [1.54, 1.807) is 27.2 Å². The number of ether oxygens (including phenoxy) is 2. The van der Waals surface area contributed by atoms with Crippen molar-refractivity contribution < 1.29 is 18.8 Å². The van der Waals surface area contributed by atoms with Gasteiger partial charge in [0.1, 0.15) is 0 Å². The Morgan fingerprint density at radius 3 is 2.60 bits per heavy atom. The third-order valence-electron chi connectivity index (χ3n) is 2.63. The third-order valence-corrected chi connectivity index (χ3v) is 3.04. The molecule has 0 aliphatic carbocycles. The van der Waals surface area contributed by atoms with Crippen LogP contribution in [-0.4, -0.2) is 44.1 Å². The second-order valence-electron chi connectivity index (χ2n) is 5.43. The minimum absolute atomic E-state index is 0.129. The number of hydrogen-bond donors (Lipinski definition) is 0. The molecule has 1 aliphatic heterocycles. The summed E-state index contributed by atoms with van der Waals surface area (Å²) in [4.78, 5) is 11.7. The molecular formula is C15H23NO3S. The molecule has 0 spiro atoms. The Hall–Kier alpha value is -1.20. The maximum atomic E-state index is 11.7. The van der Waals surface area contributed by atoms with Gasteiger partial charge in [-0.2, -0.15) is 10.5 Å². The van der Waals surface area contributed by atoms with E-state index < -0.39 is 0 Å². The summed E-state index contributed by atoms with van der Waals surface area (Å²) < 4.78 is 10.9. The first-order chi connectivity index (χ1) is 9.40. The van der Waals surface area contributed by atoms with Gasteiger partial charge >= 0.3 is 6.09 Å². The highest BCUT2D eigenvalue weighted by Gasteiger charge is 2.26. The molecule has 4 nitrogen and oxygen atoms in total. The average Bonchev–Trinajstić information content (AvgIpc) is 2.87. The Bertz CT molecular complexity index is 453. The molecule has 0 bridgehead atoms. The van der Waals surface area contributed by atoms with Crippen molar-refractivity contribution in [3.63, 3.8) is 0 Å². The van der Waals surface area contributed by atoms with Gasteiger partial charge in [-0.05, 0) is 6.07 Å². The van der Waals surface area contributed by atoms with E-state index in [2.05, 4.69) is 19.6 Å². The van der Waals surface area contributed by atoms with Gasteiger partial charge < -0.3 is 22.1 Å². The van der Waals surface area contributed by atoms with Gasteiger partial charge in [-0.3, -0.25) is 0 Å². The van der Waals surface area contributed by atoms with Crippen LogP contribution in [0.1, 0.15) is 18.9 Å². The monoisotopic (exact) mass is 297 g/mol. The number of quaternary nitrogens is 1. The standard InChI is InChI=1S/C12H16NO3.C3H8S/c1-13(2,3)12(14)16-10-6-4-5-9-7-8-15-11(9)10;1-2-3-4/h4-6H,7-8H2,1-3H3;4H,2-3H2,1H3/q+1;/p-1. The lowest BCUT2D eigenvalue weighted by atomic mass is 10.1. The quantitative estimate of drug-likeness (QED) is 0.621. The van der Waals surface area contributed by atoms with Crippen LogP contribution in [0, 0.1) is 0 Å². The van der Waals surface area contributed by atoms with E-state index in [0.717, 1.165) is 24.2 Å². The van der Waals surface area contributed by atoms with Crippen LogP contribution in [0.3, 0.4) is 0 Å². The zero-order chi connectivity index (χ0) is 15.2. The fourth-order valence-corrected chi connectivity index (χ4v) is 1.50. The number of hydrogen-bond acceptors (Lipinski definition) is 4. The molecule has 0 N–H and O–H groups in total. The van der Waals surface area contributed by atoms with Gasteiger partial charge in [0.05, 0.1) is 27.7 Å². The van der Waals surface area contributed by atoms with Crippen molar-refractivity contribution in [1.29, 1.82) is 0 Å². The van der Waals surface area contributed by atoms with Crippen molar-refractivity contribution in [1.82, 2.24) is 0 Å². The van der Waals surface area contributed by atoms with Gasteiger partial charge in [-0.1, -0.05) is 25.5 Å². The maximum absolute atomic E-state index is 11.7. The highest BCUT2D eigenvalue weighted by atomic mass is 32.1. The normalized spacial score (nSPS) is 12.8. The number of fused-ring (bicyclic) bond motifs is 1. The minimum atomic E-state index is -0.302. The van der Waals surface area contributed by atoms with E-state index in [0.29, 0.717) is 18.1 Å². The summed E-state index contributed by atoms with van der Waals surface area (Å²) in [6.07, 6.45) is 1.71. The largest absolute Gasteiger partial charge is 0.793 e.